The zero-order chi connectivity index (χ0) is 21.3. The van der Waals surface area contributed by atoms with Gasteiger partial charge in [-0.1, -0.05) is 0 Å². The smallest absolute Gasteiger partial charge is 0.311 e. The van der Waals surface area contributed by atoms with E-state index in [9.17, 15) is 9.59 Å². The van der Waals surface area contributed by atoms with Crippen LogP contribution < -0.4 is 14.2 Å². The number of hydrogen-bond donors (Lipinski definition) is 0. The highest BCUT2D eigenvalue weighted by Gasteiger charge is 2.30. The van der Waals surface area contributed by atoms with Crippen LogP contribution in [0.1, 0.15) is 39.6 Å². The van der Waals surface area contributed by atoms with E-state index in [1.807, 2.05) is 6.92 Å². The molecule has 1 aliphatic heterocycles. The van der Waals surface area contributed by atoms with Crippen molar-refractivity contribution in [2.24, 2.45) is 0 Å². The van der Waals surface area contributed by atoms with Gasteiger partial charge in [-0.25, -0.2) is 0 Å². The lowest BCUT2D eigenvalue weighted by Gasteiger charge is -2.07. The van der Waals surface area contributed by atoms with Gasteiger partial charge in [0, 0.05) is 24.6 Å². The molecule has 0 fully saturated rings. The number of furan rings is 1. The van der Waals surface area contributed by atoms with E-state index in [0.29, 0.717) is 46.4 Å². The van der Waals surface area contributed by atoms with Crippen LogP contribution in [-0.4, -0.2) is 24.0 Å². The molecule has 2 aromatic heterocycles. The Morgan fingerprint density at radius 3 is 2.73 bits per heavy atom. The number of Topliss-reactive ketones (excluding diaryl/α,β-unsaturated/α-hetero) is 1. The molecule has 0 unspecified atom stereocenters. The van der Waals surface area contributed by atoms with Crippen LogP contribution in [0.15, 0.2) is 45.0 Å². The van der Waals surface area contributed by atoms with Crippen molar-refractivity contribution in [1.29, 1.82) is 0 Å². The van der Waals surface area contributed by atoms with Gasteiger partial charge >= 0.3 is 5.97 Å². The lowest BCUT2D eigenvalue weighted by atomic mass is 10.0. The average molecular weight is 409 g/mol. The molecule has 0 spiro atoms. The average Bonchev–Trinajstić information content (AvgIpc) is 3.40. The molecule has 0 aliphatic carbocycles. The van der Waals surface area contributed by atoms with E-state index in [1.54, 1.807) is 37.3 Å². The standard InChI is InChI=1S/C22H19NO7/c1-12-8-16(28-20(24)7-6-15-11-19(26-3)23-30-15)10-17-21(12)22(25)18(29-17)9-14-5-4-13(2)27-14/h4-5,8-11H,6-7H2,1-3H3/b18-9-. The molecule has 0 saturated heterocycles. The van der Waals surface area contributed by atoms with Gasteiger partial charge in [-0.05, 0) is 42.8 Å². The summed E-state index contributed by atoms with van der Waals surface area (Å²) in [6, 6.07) is 8.34. The minimum atomic E-state index is -0.448. The number of aryl methyl sites for hydroxylation is 3. The number of ketones is 1. The quantitative estimate of drug-likeness (QED) is 0.341. The molecule has 0 bridgehead atoms. The second kappa shape index (κ2) is 7.90. The first kappa shape index (κ1) is 19.5. The second-order valence-corrected chi connectivity index (χ2v) is 6.81. The predicted octanol–water partition coefficient (Wildman–Crippen LogP) is 4.05. The number of rotatable bonds is 6. The van der Waals surface area contributed by atoms with Crippen LogP contribution in [0.4, 0.5) is 0 Å². The lowest BCUT2D eigenvalue weighted by molar-refractivity contribution is -0.134. The molecular formula is C22H19NO7. The van der Waals surface area contributed by atoms with Crippen LogP contribution >= 0.6 is 0 Å². The van der Waals surface area contributed by atoms with Gasteiger partial charge in [-0.15, -0.1) is 0 Å². The van der Waals surface area contributed by atoms with Gasteiger partial charge in [0.05, 0.1) is 19.1 Å². The summed E-state index contributed by atoms with van der Waals surface area (Å²) >= 11 is 0. The van der Waals surface area contributed by atoms with Gasteiger partial charge in [0.1, 0.15) is 28.8 Å². The third-order valence-electron chi connectivity index (χ3n) is 4.53. The maximum absolute atomic E-state index is 12.7. The summed E-state index contributed by atoms with van der Waals surface area (Å²) in [6.45, 7) is 3.58. The number of allylic oxidation sites excluding steroid dienone is 1. The Kier molecular flexibility index (Phi) is 5.14. The molecule has 3 heterocycles. The van der Waals surface area contributed by atoms with Gasteiger partial charge in [-0.2, -0.15) is 0 Å². The van der Waals surface area contributed by atoms with E-state index >= 15 is 0 Å². The monoisotopic (exact) mass is 409 g/mol. The first-order valence-corrected chi connectivity index (χ1v) is 9.28. The van der Waals surface area contributed by atoms with Gasteiger partial charge in [-0.3, -0.25) is 9.59 Å². The number of esters is 1. The summed E-state index contributed by atoms with van der Waals surface area (Å²) in [5.74, 6) is 2.24. The number of carbonyl (C=O) groups excluding carboxylic acids is 2. The van der Waals surface area contributed by atoms with Gasteiger partial charge in [0.25, 0.3) is 5.88 Å². The van der Waals surface area contributed by atoms with E-state index in [2.05, 4.69) is 5.16 Å². The van der Waals surface area contributed by atoms with Crippen LogP contribution in [0.5, 0.6) is 17.4 Å². The normalized spacial score (nSPS) is 14.0. The van der Waals surface area contributed by atoms with Crippen molar-refractivity contribution < 1.29 is 32.7 Å². The maximum atomic E-state index is 12.7. The van der Waals surface area contributed by atoms with Crippen LogP contribution in [0.2, 0.25) is 0 Å². The SMILES string of the molecule is COc1cc(CCC(=O)Oc2cc(C)c3c(c2)O/C(=C\c2ccc(C)o2)C3=O)on1. The first-order chi connectivity index (χ1) is 14.4. The molecule has 0 atom stereocenters. The molecular weight excluding hydrogens is 390 g/mol. The minimum absolute atomic E-state index is 0.0945. The van der Waals surface area contributed by atoms with Crippen molar-refractivity contribution in [3.63, 3.8) is 0 Å². The van der Waals surface area contributed by atoms with Crippen molar-refractivity contribution >= 4 is 17.8 Å². The summed E-state index contributed by atoms with van der Waals surface area (Å²) in [5, 5.41) is 3.68. The number of aromatic nitrogens is 1. The number of nitrogens with zero attached hydrogens (tertiary/aromatic N) is 1. The Labute approximate surface area is 172 Å². The van der Waals surface area contributed by atoms with E-state index in [4.69, 9.17) is 23.2 Å². The molecule has 3 aromatic rings. The summed E-state index contributed by atoms with van der Waals surface area (Å²) in [6.07, 6.45) is 1.97. The molecule has 0 radical (unpaired) electrons. The molecule has 30 heavy (non-hydrogen) atoms. The summed E-state index contributed by atoms with van der Waals surface area (Å²) in [4.78, 5) is 24.9. The number of carbonyl (C=O) groups is 2. The van der Waals surface area contributed by atoms with Crippen molar-refractivity contribution in [3.05, 3.63) is 64.5 Å². The largest absolute Gasteiger partial charge is 0.479 e. The first-order valence-electron chi connectivity index (χ1n) is 9.28. The van der Waals surface area contributed by atoms with Crippen molar-refractivity contribution in [3.8, 4) is 17.4 Å². The predicted molar refractivity (Wildman–Crippen MR) is 105 cm³/mol. The highest BCUT2D eigenvalue weighted by Crippen LogP contribution is 2.37. The zero-order valence-electron chi connectivity index (χ0n) is 16.7. The Balaban J connectivity index is 1.45. The molecule has 0 saturated carbocycles. The third kappa shape index (κ3) is 3.98. The van der Waals surface area contributed by atoms with Crippen LogP contribution in [0, 0.1) is 13.8 Å². The number of benzene rings is 1. The van der Waals surface area contributed by atoms with E-state index in [0.717, 1.165) is 5.76 Å². The molecule has 0 amide bonds. The Hall–Kier alpha value is -3.81. The highest BCUT2D eigenvalue weighted by molar-refractivity contribution is 6.15. The van der Waals surface area contributed by atoms with E-state index < -0.39 is 5.97 Å². The second-order valence-electron chi connectivity index (χ2n) is 6.81. The molecule has 8 heteroatoms. The highest BCUT2D eigenvalue weighted by atomic mass is 16.5. The zero-order valence-corrected chi connectivity index (χ0v) is 16.7. The van der Waals surface area contributed by atoms with Gasteiger partial charge in [0.15, 0.2) is 5.76 Å². The maximum Gasteiger partial charge on any atom is 0.311 e. The van der Waals surface area contributed by atoms with Crippen molar-refractivity contribution in [2.45, 2.75) is 26.7 Å². The summed E-state index contributed by atoms with van der Waals surface area (Å²) in [5.41, 5.74) is 1.09. The molecule has 1 aromatic carbocycles. The number of ether oxygens (including phenoxy) is 3. The fourth-order valence-corrected chi connectivity index (χ4v) is 3.11. The summed E-state index contributed by atoms with van der Waals surface area (Å²) in [7, 11) is 1.48. The van der Waals surface area contributed by atoms with Crippen molar-refractivity contribution in [2.75, 3.05) is 7.11 Å². The Bertz CT molecular complexity index is 1150. The summed E-state index contributed by atoms with van der Waals surface area (Å²) < 4.78 is 26.6. The van der Waals surface area contributed by atoms with E-state index in [1.165, 1.54) is 13.2 Å². The topological polar surface area (TPSA) is 101 Å². The van der Waals surface area contributed by atoms with Gasteiger partial charge in [0.2, 0.25) is 5.78 Å². The number of hydrogen-bond acceptors (Lipinski definition) is 8. The molecule has 154 valence electrons. The van der Waals surface area contributed by atoms with Crippen molar-refractivity contribution in [1.82, 2.24) is 5.16 Å². The van der Waals surface area contributed by atoms with Gasteiger partial charge < -0.3 is 23.2 Å². The Morgan fingerprint density at radius 2 is 2.03 bits per heavy atom. The molecule has 0 N–H and O–H groups in total. The Morgan fingerprint density at radius 1 is 1.20 bits per heavy atom. The van der Waals surface area contributed by atoms with Crippen LogP contribution in [0.3, 0.4) is 0 Å². The fraction of sp³-hybridized carbons (Fsp3) is 0.227. The van der Waals surface area contributed by atoms with Crippen LogP contribution in [0.25, 0.3) is 6.08 Å². The molecule has 1 aliphatic rings. The number of methoxy groups -OCH3 is 1. The van der Waals surface area contributed by atoms with E-state index in [-0.39, 0.29) is 18.0 Å². The fourth-order valence-electron chi connectivity index (χ4n) is 3.11. The van der Waals surface area contributed by atoms with Crippen LogP contribution in [-0.2, 0) is 11.2 Å². The molecule has 8 nitrogen and oxygen atoms in total. The minimum Gasteiger partial charge on any atom is -0.479 e. The molecule has 4 rings (SSSR count). The number of fused-ring (bicyclic) bond motifs is 1. The third-order valence-corrected chi connectivity index (χ3v) is 4.53. The lowest BCUT2D eigenvalue weighted by Crippen LogP contribution is -2.09.